The fourth-order valence-corrected chi connectivity index (χ4v) is 4.58. The SMILES string of the molecule is COc1ccc(Cl)c2sc(N(CCN(C)C)C(=O)c3c(C)nc4ccccn34)nc12. The van der Waals surface area contributed by atoms with Crippen molar-refractivity contribution in [2.24, 2.45) is 0 Å². The van der Waals surface area contributed by atoms with E-state index in [0.717, 1.165) is 10.3 Å². The van der Waals surface area contributed by atoms with Crippen molar-refractivity contribution in [2.75, 3.05) is 39.2 Å². The van der Waals surface area contributed by atoms with Crippen LogP contribution in [0.15, 0.2) is 36.5 Å². The molecule has 1 aromatic carbocycles. The molecule has 0 radical (unpaired) electrons. The molecule has 0 spiro atoms. The largest absolute Gasteiger partial charge is 0.494 e. The molecule has 0 N–H and O–H groups in total. The standard InChI is InChI=1S/C21H22ClN5O2S/c1-13-18(26-10-6-5-7-16(26)23-13)20(28)27(12-11-25(2)3)21-24-17-15(29-4)9-8-14(22)19(17)30-21/h5-10H,11-12H2,1-4H3. The summed E-state index contributed by atoms with van der Waals surface area (Å²) in [6.45, 7) is 3.01. The van der Waals surface area contributed by atoms with Crippen LogP contribution < -0.4 is 9.64 Å². The lowest BCUT2D eigenvalue weighted by atomic mass is 10.3. The number of methoxy groups -OCH3 is 1. The van der Waals surface area contributed by atoms with Crippen molar-refractivity contribution in [3.63, 3.8) is 0 Å². The summed E-state index contributed by atoms with van der Waals surface area (Å²) in [7, 11) is 5.54. The molecule has 0 bridgehead atoms. The molecule has 7 nitrogen and oxygen atoms in total. The zero-order valence-corrected chi connectivity index (χ0v) is 18.8. The van der Waals surface area contributed by atoms with E-state index >= 15 is 0 Å². The van der Waals surface area contributed by atoms with Gasteiger partial charge in [-0.15, -0.1) is 0 Å². The van der Waals surface area contributed by atoms with Crippen molar-refractivity contribution in [1.82, 2.24) is 19.3 Å². The van der Waals surface area contributed by atoms with Gasteiger partial charge in [0.2, 0.25) is 0 Å². The normalized spacial score (nSPS) is 11.5. The molecule has 3 aromatic heterocycles. The van der Waals surface area contributed by atoms with Crippen molar-refractivity contribution >= 4 is 49.8 Å². The lowest BCUT2D eigenvalue weighted by molar-refractivity contribution is 0.0979. The Morgan fingerprint density at radius 1 is 1.20 bits per heavy atom. The number of aryl methyl sites for hydroxylation is 1. The van der Waals surface area contributed by atoms with Crippen molar-refractivity contribution in [3.05, 3.63) is 52.9 Å². The highest BCUT2D eigenvalue weighted by molar-refractivity contribution is 7.23. The summed E-state index contributed by atoms with van der Waals surface area (Å²) in [6.07, 6.45) is 1.85. The number of anilines is 1. The van der Waals surface area contributed by atoms with Gasteiger partial charge < -0.3 is 9.64 Å². The number of ether oxygens (including phenoxy) is 1. The first kappa shape index (κ1) is 20.6. The summed E-state index contributed by atoms with van der Waals surface area (Å²) in [4.78, 5) is 26.7. The number of nitrogens with zero attached hydrogens (tertiary/aromatic N) is 5. The minimum Gasteiger partial charge on any atom is -0.494 e. The molecule has 0 saturated heterocycles. The lowest BCUT2D eigenvalue weighted by Crippen LogP contribution is -2.37. The van der Waals surface area contributed by atoms with E-state index in [4.69, 9.17) is 21.3 Å². The molecule has 0 aliphatic heterocycles. The van der Waals surface area contributed by atoms with Crippen molar-refractivity contribution in [3.8, 4) is 5.75 Å². The summed E-state index contributed by atoms with van der Waals surface area (Å²) >= 11 is 7.79. The molecule has 0 fully saturated rings. The molecule has 0 aliphatic carbocycles. The van der Waals surface area contributed by atoms with Gasteiger partial charge in [-0.05, 0) is 45.3 Å². The number of carbonyl (C=O) groups excluding carboxylic acids is 1. The predicted octanol–water partition coefficient (Wildman–Crippen LogP) is 4.12. The van der Waals surface area contributed by atoms with E-state index in [2.05, 4.69) is 4.98 Å². The van der Waals surface area contributed by atoms with Gasteiger partial charge in [-0.3, -0.25) is 14.1 Å². The first-order chi connectivity index (χ1) is 14.4. The van der Waals surface area contributed by atoms with E-state index in [1.54, 1.807) is 24.1 Å². The topological polar surface area (TPSA) is 63.0 Å². The highest BCUT2D eigenvalue weighted by atomic mass is 35.5. The van der Waals surface area contributed by atoms with E-state index in [-0.39, 0.29) is 5.91 Å². The third kappa shape index (κ3) is 3.62. The number of pyridine rings is 1. The van der Waals surface area contributed by atoms with Crippen LogP contribution in [0.4, 0.5) is 5.13 Å². The second-order valence-corrected chi connectivity index (χ2v) is 8.54. The zero-order chi connectivity index (χ0) is 21.4. The molecule has 9 heteroatoms. The first-order valence-corrected chi connectivity index (χ1v) is 10.6. The number of hydrogen-bond acceptors (Lipinski definition) is 6. The van der Waals surface area contributed by atoms with Gasteiger partial charge in [0.05, 0.1) is 22.5 Å². The molecule has 4 aromatic rings. The van der Waals surface area contributed by atoms with Crippen molar-refractivity contribution in [1.29, 1.82) is 0 Å². The number of likely N-dealkylation sites (N-methyl/N-ethyl adjacent to an activating group) is 1. The Bertz CT molecular complexity index is 1230. The molecule has 3 heterocycles. The van der Waals surface area contributed by atoms with Crippen LogP contribution in [0, 0.1) is 6.92 Å². The number of thiazole rings is 1. The minimum absolute atomic E-state index is 0.151. The molecule has 0 aliphatic rings. The molecule has 0 unspecified atom stereocenters. The average Bonchev–Trinajstić information content (AvgIpc) is 3.29. The molecule has 4 rings (SSSR count). The van der Waals surface area contributed by atoms with Crippen molar-refractivity contribution in [2.45, 2.75) is 6.92 Å². The Morgan fingerprint density at radius 2 is 2.00 bits per heavy atom. The van der Waals surface area contributed by atoms with Crippen LogP contribution in [-0.4, -0.2) is 59.5 Å². The van der Waals surface area contributed by atoms with Gasteiger partial charge in [0.1, 0.15) is 22.6 Å². The van der Waals surface area contributed by atoms with Crippen LogP contribution in [0.25, 0.3) is 15.9 Å². The second kappa shape index (κ2) is 8.22. The van der Waals surface area contributed by atoms with E-state index < -0.39 is 0 Å². The third-order valence-corrected chi connectivity index (χ3v) is 6.36. The van der Waals surface area contributed by atoms with Gasteiger partial charge in [-0.2, -0.15) is 0 Å². The third-order valence-electron chi connectivity index (χ3n) is 4.82. The quantitative estimate of drug-likeness (QED) is 0.448. The van der Waals surface area contributed by atoms with E-state index in [1.807, 2.05) is 54.7 Å². The maximum Gasteiger partial charge on any atom is 0.279 e. The van der Waals surface area contributed by atoms with Crippen LogP contribution in [0.1, 0.15) is 16.2 Å². The monoisotopic (exact) mass is 443 g/mol. The fraction of sp³-hybridized carbons (Fsp3) is 0.286. The van der Waals surface area contributed by atoms with E-state index in [9.17, 15) is 4.79 Å². The maximum atomic E-state index is 13.7. The van der Waals surface area contributed by atoms with Crippen LogP contribution >= 0.6 is 22.9 Å². The summed E-state index contributed by atoms with van der Waals surface area (Å²) in [6, 6.07) is 9.25. The highest BCUT2D eigenvalue weighted by Crippen LogP contribution is 2.39. The van der Waals surface area contributed by atoms with Gasteiger partial charge in [0.15, 0.2) is 5.13 Å². The van der Waals surface area contributed by atoms with Gasteiger partial charge >= 0.3 is 0 Å². The summed E-state index contributed by atoms with van der Waals surface area (Å²) in [5.74, 6) is 0.477. The highest BCUT2D eigenvalue weighted by Gasteiger charge is 2.27. The zero-order valence-electron chi connectivity index (χ0n) is 17.2. The lowest BCUT2D eigenvalue weighted by Gasteiger charge is -2.22. The van der Waals surface area contributed by atoms with Gasteiger partial charge in [-0.1, -0.05) is 29.0 Å². The van der Waals surface area contributed by atoms with Crippen LogP contribution in [0.2, 0.25) is 5.02 Å². The maximum absolute atomic E-state index is 13.7. The summed E-state index contributed by atoms with van der Waals surface area (Å²) < 4.78 is 8.06. The van der Waals surface area contributed by atoms with Gasteiger partial charge in [0.25, 0.3) is 5.91 Å². The van der Waals surface area contributed by atoms with E-state index in [0.29, 0.717) is 45.9 Å². The molecule has 0 atom stereocenters. The number of aromatic nitrogens is 3. The minimum atomic E-state index is -0.151. The van der Waals surface area contributed by atoms with Crippen molar-refractivity contribution < 1.29 is 9.53 Å². The molecular formula is C21H22ClN5O2S. The number of imidazole rings is 1. The number of hydrogen-bond donors (Lipinski definition) is 0. The molecule has 156 valence electrons. The van der Waals surface area contributed by atoms with Gasteiger partial charge in [-0.25, -0.2) is 9.97 Å². The molecule has 1 amide bonds. The second-order valence-electron chi connectivity index (χ2n) is 7.16. The average molecular weight is 444 g/mol. The smallest absolute Gasteiger partial charge is 0.279 e. The Hall–Kier alpha value is -2.68. The van der Waals surface area contributed by atoms with Crippen LogP contribution in [0.3, 0.4) is 0 Å². The predicted molar refractivity (Wildman–Crippen MR) is 121 cm³/mol. The van der Waals surface area contributed by atoms with E-state index in [1.165, 1.54) is 11.3 Å². The van der Waals surface area contributed by atoms with Gasteiger partial charge in [0, 0.05) is 19.3 Å². The van der Waals surface area contributed by atoms with Crippen LogP contribution in [-0.2, 0) is 0 Å². The summed E-state index contributed by atoms with van der Waals surface area (Å²) in [5.41, 5.74) is 2.60. The number of benzene rings is 1. The Labute approximate surface area is 183 Å². The summed E-state index contributed by atoms with van der Waals surface area (Å²) in [5, 5.41) is 1.16. The number of amides is 1. The number of halogens is 1. The molecule has 30 heavy (non-hydrogen) atoms. The first-order valence-electron chi connectivity index (χ1n) is 9.44. The molecule has 0 saturated carbocycles. The number of carbonyl (C=O) groups is 1. The Kier molecular flexibility index (Phi) is 5.64. The molecular weight excluding hydrogens is 422 g/mol. The van der Waals surface area contributed by atoms with Crippen LogP contribution in [0.5, 0.6) is 5.75 Å². The fourth-order valence-electron chi connectivity index (χ4n) is 3.30. The Balaban J connectivity index is 1.84. The number of fused-ring (bicyclic) bond motifs is 2. The Morgan fingerprint density at radius 3 is 2.73 bits per heavy atom. The number of rotatable bonds is 6.